The summed E-state index contributed by atoms with van der Waals surface area (Å²) in [5.41, 5.74) is 0.603. The zero-order valence-corrected chi connectivity index (χ0v) is 17.4. The average Bonchev–Trinajstić information content (AvgIpc) is 2.50. The molecule has 0 saturated heterocycles. The lowest BCUT2D eigenvalue weighted by atomic mass is 10.3. The van der Waals surface area contributed by atoms with Gasteiger partial charge in [0.15, 0.2) is 0 Å². The molecule has 0 aliphatic heterocycles. The van der Waals surface area contributed by atoms with E-state index < -0.39 is 22.5 Å². The molecular weight excluding hydrogens is 475 g/mol. The van der Waals surface area contributed by atoms with Crippen LogP contribution in [0.2, 0.25) is 15.1 Å². The fraction of sp³-hybridized carbons (Fsp3) is 0.133. The van der Waals surface area contributed by atoms with Gasteiger partial charge in [-0.3, -0.25) is 9.10 Å². The summed E-state index contributed by atoms with van der Waals surface area (Å²) in [4.78, 5) is 12.3. The predicted molar refractivity (Wildman–Crippen MR) is 106 cm³/mol. The Morgan fingerprint density at radius 3 is 2.20 bits per heavy atom. The van der Waals surface area contributed by atoms with Gasteiger partial charge in [-0.25, -0.2) is 8.42 Å². The third kappa shape index (κ3) is 5.49. The number of benzene rings is 2. The van der Waals surface area contributed by atoms with Crippen LogP contribution in [0.4, 0.5) is 11.4 Å². The Kier molecular flexibility index (Phi) is 6.62. The van der Waals surface area contributed by atoms with E-state index in [1.807, 2.05) is 0 Å². The number of nitrogens with zero attached hydrogens (tertiary/aromatic N) is 1. The van der Waals surface area contributed by atoms with Gasteiger partial charge >= 0.3 is 0 Å². The maximum Gasteiger partial charge on any atom is 0.245 e. The first-order valence-corrected chi connectivity index (χ1v) is 10.5. The van der Waals surface area contributed by atoms with Crippen LogP contribution in [0.25, 0.3) is 0 Å². The van der Waals surface area contributed by atoms with E-state index in [9.17, 15) is 13.2 Å². The molecule has 0 spiro atoms. The molecule has 2 aromatic rings. The van der Waals surface area contributed by atoms with Crippen molar-refractivity contribution in [1.29, 1.82) is 0 Å². The molecule has 0 aliphatic carbocycles. The van der Waals surface area contributed by atoms with Gasteiger partial charge in [0.25, 0.3) is 0 Å². The molecule has 0 bridgehead atoms. The number of amides is 1. The number of nitrogens with one attached hydrogen (secondary N) is 1. The van der Waals surface area contributed by atoms with E-state index in [4.69, 9.17) is 34.8 Å². The van der Waals surface area contributed by atoms with Crippen LogP contribution in [-0.2, 0) is 14.8 Å². The van der Waals surface area contributed by atoms with Gasteiger partial charge in [0, 0.05) is 10.2 Å². The van der Waals surface area contributed by atoms with Crippen molar-refractivity contribution in [3.05, 3.63) is 55.9 Å². The Bertz CT molecular complexity index is 905. The van der Waals surface area contributed by atoms with Gasteiger partial charge in [-0.2, -0.15) is 0 Å². The number of halogens is 4. The highest BCUT2D eigenvalue weighted by molar-refractivity contribution is 9.10. The zero-order valence-electron chi connectivity index (χ0n) is 12.8. The van der Waals surface area contributed by atoms with Crippen molar-refractivity contribution in [1.82, 2.24) is 0 Å². The molecule has 1 amide bonds. The largest absolute Gasteiger partial charge is 0.325 e. The fourth-order valence-corrected chi connectivity index (χ4v) is 3.77. The maximum absolute atomic E-state index is 12.3. The topological polar surface area (TPSA) is 66.5 Å². The number of hydrogen-bond donors (Lipinski definition) is 1. The number of sulfonamides is 1. The standard InChI is InChI=1S/C15H12BrCl3N2O3S/c1-25(23,24)21(14-7-12(18)11(17)6-13(14)19)8-15(22)20-10-4-2-9(16)3-5-10/h2-7H,8H2,1H3,(H,20,22). The highest BCUT2D eigenvalue weighted by Crippen LogP contribution is 2.35. The van der Waals surface area contributed by atoms with Crippen LogP contribution >= 0.6 is 50.7 Å². The molecule has 134 valence electrons. The lowest BCUT2D eigenvalue weighted by Gasteiger charge is -2.23. The maximum atomic E-state index is 12.3. The van der Waals surface area contributed by atoms with E-state index in [1.54, 1.807) is 24.3 Å². The van der Waals surface area contributed by atoms with Gasteiger partial charge in [0.05, 0.1) is 27.0 Å². The molecule has 0 unspecified atom stereocenters. The predicted octanol–water partition coefficient (Wildman–Crippen LogP) is 4.81. The molecule has 0 saturated carbocycles. The second-order valence-corrected chi connectivity index (χ2v) is 9.09. The summed E-state index contributed by atoms with van der Waals surface area (Å²) in [7, 11) is -3.79. The van der Waals surface area contributed by atoms with Crippen LogP contribution in [-0.4, -0.2) is 27.1 Å². The van der Waals surface area contributed by atoms with E-state index >= 15 is 0 Å². The van der Waals surface area contributed by atoms with Crippen molar-refractivity contribution in [3.63, 3.8) is 0 Å². The van der Waals surface area contributed by atoms with Gasteiger partial charge in [0.1, 0.15) is 6.54 Å². The van der Waals surface area contributed by atoms with Gasteiger partial charge in [-0.15, -0.1) is 0 Å². The molecule has 0 radical (unpaired) electrons. The Labute approximate surface area is 169 Å². The molecule has 5 nitrogen and oxygen atoms in total. The number of anilines is 2. The lowest BCUT2D eigenvalue weighted by molar-refractivity contribution is -0.114. The quantitative estimate of drug-likeness (QED) is 0.617. The van der Waals surface area contributed by atoms with Crippen LogP contribution in [0, 0.1) is 0 Å². The van der Waals surface area contributed by atoms with Crippen LogP contribution in [0.5, 0.6) is 0 Å². The first-order valence-electron chi connectivity index (χ1n) is 6.75. The van der Waals surface area contributed by atoms with Gasteiger partial charge in [-0.1, -0.05) is 50.7 Å². The van der Waals surface area contributed by atoms with Crippen LogP contribution in [0.15, 0.2) is 40.9 Å². The number of hydrogen-bond acceptors (Lipinski definition) is 3. The summed E-state index contributed by atoms with van der Waals surface area (Å²) in [5, 5.41) is 3.00. The van der Waals surface area contributed by atoms with Crippen molar-refractivity contribution in [2.75, 3.05) is 22.4 Å². The molecular formula is C15H12BrCl3N2O3S. The summed E-state index contributed by atoms with van der Waals surface area (Å²) in [6, 6.07) is 9.49. The number of carbonyl (C=O) groups excluding carboxylic acids is 1. The minimum atomic E-state index is -3.79. The molecule has 2 aromatic carbocycles. The molecule has 0 heterocycles. The zero-order chi connectivity index (χ0) is 18.8. The normalized spacial score (nSPS) is 11.2. The second kappa shape index (κ2) is 8.14. The first-order chi connectivity index (χ1) is 11.6. The Hall–Kier alpha value is -0.990. The molecule has 25 heavy (non-hydrogen) atoms. The molecule has 0 aliphatic rings. The molecule has 0 fully saturated rings. The van der Waals surface area contributed by atoms with Crippen LogP contribution < -0.4 is 9.62 Å². The monoisotopic (exact) mass is 484 g/mol. The third-order valence-corrected chi connectivity index (χ3v) is 5.75. The van der Waals surface area contributed by atoms with E-state index in [0.29, 0.717) is 5.69 Å². The van der Waals surface area contributed by atoms with E-state index in [-0.39, 0.29) is 20.8 Å². The van der Waals surface area contributed by atoms with Crippen molar-refractivity contribution in [3.8, 4) is 0 Å². The third-order valence-electron chi connectivity index (χ3n) is 3.07. The highest BCUT2D eigenvalue weighted by atomic mass is 79.9. The molecule has 1 N–H and O–H groups in total. The van der Waals surface area contributed by atoms with Crippen molar-refractivity contribution >= 4 is 78.0 Å². The smallest absolute Gasteiger partial charge is 0.245 e. The summed E-state index contributed by atoms with van der Waals surface area (Å²) in [6.07, 6.45) is 0.971. The van der Waals surface area contributed by atoms with Gasteiger partial charge in [-0.05, 0) is 36.4 Å². The first kappa shape index (κ1) is 20.3. The van der Waals surface area contributed by atoms with E-state index in [2.05, 4.69) is 21.2 Å². The second-order valence-electron chi connectivity index (χ2n) is 5.04. The average molecular weight is 487 g/mol. The summed E-state index contributed by atoms with van der Waals surface area (Å²) in [5.74, 6) is -0.533. The molecule has 2 rings (SSSR count). The Morgan fingerprint density at radius 2 is 1.64 bits per heavy atom. The number of rotatable bonds is 5. The fourth-order valence-electron chi connectivity index (χ4n) is 1.95. The Balaban J connectivity index is 2.29. The van der Waals surface area contributed by atoms with E-state index in [0.717, 1.165) is 15.0 Å². The summed E-state index contributed by atoms with van der Waals surface area (Å²) < 4.78 is 26.0. The molecule has 0 atom stereocenters. The van der Waals surface area contributed by atoms with Crippen molar-refractivity contribution in [2.24, 2.45) is 0 Å². The van der Waals surface area contributed by atoms with Gasteiger partial charge in [0.2, 0.25) is 15.9 Å². The summed E-state index contributed by atoms with van der Waals surface area (Å²) in [6.45, 7) is -0.466. The van der Waals surface area contributed by atoms with Crippen molar-refractivity contribution in [2.45, 2.75) is 0 Å². The van der Waals surface area contributed by atoms with Crippen LogP contribution in [0.3, 0.4) is 0 Å². The molecule has 10 heteroatoms. The summed E-state index contributed by atoms with van der Waals surface area (Å²) >= 11 is 21.2. The van der Waals surface area contributed by atoms with E-state index in [1.165, 1.54) is 12.1 Å². The Morgan fingerprint density at radius 1 is 1.08 bits per heavy atom. The minimum absolute atomic E-state index is 0.0660. The molecule has 0 aromatic heterocycles. The van der Waals surface area contributed by atoms with Gasteiger partial charge < -0.3 is 5.32 Å². The highest BCUT2D eigenvalue weighted by Gasteiger charge is 2.24. The number of carbonyl (C=O) groups is 1. The minimum Gasteiger partial charge on any atom is -0.325 e. The SMILES string of the molecule is CS(=O)(=O)N(CC(=O)Nc1ccc(Br)cc1)c1cc(Cl)c(Cl)cc1Cl. The lowest BCUT2D eigenvalue weighted by Crippen LogP contribution is -2.37. The van der Waals surface area contributed by atoms with Crippen molar-refractivity contribution < 1.29 is 13.2 Å². The van der Waals surface area contributed by atoms with Crippen LogP contribution in [0.1, 0.15) is 0 Å².